The van der Waals surface area contributed by atoms with Gasteiger partial charge in [0.2, 0.25) is 0 Å². The van der Waals surface area contributed by atoms with Crippen LogP contribution in [0.3, 0.4) is 0 Å². The molecule has 1 aromatic rings. The second-order valence-corrected chi connectivity index (χ2v) is 4.72. The van der Waals surface area contributed by atoms with E-state index in [4.69, 9.17) is 5.11 Å². The third-order valence-electron chi connectivity index (χ3n) is 2.01. The highest BCUT2D eigenvalue weighted by atomic mass is 79.9. The zero-order chi connectivity index (χ0) is 11.3. The summed E-state index contributed by atoms with van der Waals surface area (Å²) in [6.07, 6.45) is 1.98. The van der Waals surface area contributed by atoms with Crippen LogP contribution in [0.5, 0.6) is 0 Å². The van der Waals surface area contributed by atoms with E-state index in [1.165, 1.54) is 5.56 Å². The van der Waals surface area contributed by atoms with Crippen molar-refractivity contribution in [3.63, 3.8) is 0 Å². The van der Waals surface area contributed by atoms with Crippen LogP contribution in [0.1, 0.15) is 12.5 Å². The van der Waals surface area contributed by atoms with Gasteiger partial charge in [-0.1, -0.05) is 28.1 Å². The molecule has 0 saturated heterocycles. The quantitative estimate of drug-likeness (QED) is 0.909. The maximum atomic E-state index is 8.99. The Morgan fingerprint density at radius 3 is 2.80 bits per heavy atom. The lowest BCUT2D eigenvalue weighted by molar-refractivity contribution is 0.305. The second kappa shape index (κ2) is 5.93. The molecule has 0 heterocycles. The summed E-state index contributed by atoms with van der Waals surface area (Å²) >= 11 is 3.40. The molecule has 0 radical (unpaired) electrons. The van der Waals surface area contributed by atoms with Crippen LogP contribution in [0.4, 0.5) is 5.69 Å². The van der Waals surface area contributed by atoms with Gasteiger partial charge in [0.15, 0.2) is 0 Å². The van der Waals surface area contributed by atoms with Gasteiger partial charge in [0.1, 0.15) is 0 Å². The first-order valence-electron chi connectivity index (χ1n) is 4.91. The Bertz CT molecular complexity index is 345. The van der Waals surface area contributed by atoms with Crippen molar-refractivity contribution < 1.29 is 5.11 Å². The minimum atomic E-state index is 0.144. The molecule has 82 valence electrons. The first-order valence-corrected chi connectivity index (χ1v) is 5.71. The Kier molecular flexibility index (Phi) is 4.85. The van der Waals surface area contributed by atoms with Gasteiger partial charge in [0.05, 0.1) is 6.61 Å². The number of aliphatic hydroxyl groups excluding tert-OH is 1. The zero-order valence-corrected chi connectivity index (χ0v) is 10.7. The molecule has 0 amide bonds. The van der Waals surface area contributed by atoms with Crippen LogP contribution < -0.4 is 4.90 Å². The summed E-state index contributed by atoms with van der Waals surface area (Å²) in [7, 11) is 0. The molecule has 0 aromatic heterocycles. The van der Waals surface area contributed by atoms with E-state index in [9.17, 15) is 0 Å². The van der Waals surface area contributed by atoms with E-state index in [-0.39, 0.29) is 6.61 Å². The van der Waals surface area contributed by atoms with Crippen molar-refractivity contribution in [3.8, 4) is 0 Å². The summed E-state index contributed by atoms with van der Waals surface area (Å²) in [6.45, 7) is 4.78. The highest BCUT2D eigenvalue weighted by Crippen LogP contribution is 2.18. The highest BCUT2D eigenvalue weighted by molar-refractivity contribution is 9.11. The topological polar surface area (TPSA) is 23.5 Å². The monoisotopic (exact) mass is 269 g/mol. The van der Waals surface area contributed by atoms with Crippen LogP contribution >= 0.6 is 15.9 Å². The average molecular weight is 270 g/mol. The molecule has 0 atom stereocenters. The van der Waals surface area contributed by atoms with Crippen molar-refractivity contribution in [3.05, 3.63) is 40.5 Å². The van der Waals surface area contributed by atoms with Crippen LogP contribution in [0.2, 0.25) is 0 Å². The Morgan fingerprint density at radius 2 is 2.27 bits per heavy atom. The lowest BCUT2D eigenvalue weighted by atomic mass is 10.2. The standard InChI is InChI=1S/C12H16BrNO/c1-10-4-3-5-12(8-10)14(6-7-15)9-11(2)13/h3-5,8-9,15H,6-7H2,1-2H3. The normalized spacial score (nSPS) is 11.6. The molecule has 1 N–H and O–H groups in total. The van der Waals surface area contributed by atoms with E-state index in [0.717, 1.165) is 10.2 Å². The Balaban J connectivity index is 2.93. The summed E-state index contributed by atoms with van der Waals surface area (Å²) in [5.41, 5.74) is 2.32. The molecule has 2 nitrogen and oxygen atoms in total. The Hall–Kier alpha value is -0.800. The summed E-state index contributed by atoms with van der Waals surface area (Å²) in [5.74, 6) is 0. The number of nitrogens with zero attached hydrogens (tertiary/aromatic N) is 1. The fourth-order valence-corrected chi connectivity index (χ4v) is 1.64. The van der Waals surface area contributed by atoms with Crippen LogP contribution in [0, 0.1) is 6.92 Å². The van der Waals surface area contributed by atoms with Gasteiger partial charge < -0.3 is 10.0 Å². The smallest absolute Gasteiger partial charge is 0.0610 e. The highest BCUT2D eigenvalue weighted by Gasteiger charge is 2.02. The number of halogens is 1. The van der Waals surface area contributed by atoms with Crippen LogP contribution in [-0.4, -0.2) is 18.3 Å². The maximum Gasteiger partial charge on any atom is 0.0610 e. The fourth-order valence-electron chi connectivity index (χ4n) is 1.40. The van der Waals surface area contributed by atoms with Crippen molar-refractivity contribution in [2.24, 2.45) is 0 Å². The average Bonchev–Trinajstić information content (AvgIpc) is 2.16. The third-order valence-corrected chi connectivity index (χ3v) is 2.21. The number of anilines is 1. The van der Waals surface area contributed by atoms with Gasteiger partial charge in [-0.05, 0) is 31.5 Å². The van der Waals surface area contributed by atoms with E-state index in [1.54, 1.807) is 0 Å². The summed E-state index contributed by atoms with van der Waals surface area (Å²) in [4.78, 5) is 2.02. The van der Waals surface area contributed by atoms with Gasteiger partial charge in [-0.3, -0.25) is 0 Å². The van der Waals surface area contributed by atoms with Crippen molar-refractivity contribution in [1.29, 1.82) is 0 Å². The number of hydrogen-bond donors (Lipinski definition) is 1. The number of aryl methyl sites for hydroxylation is 1. The number of benzene rings is 1. The molecular weight excluding hydrogens is 254 g/mol. The van der Waals surface area contributed by atoms with Crippen LogP contribution in [0.25, 0.3) is 0 Å². The molecule has 3 heteroatoms. The van der Waals surface area contributed by atoms with E-state index >= 15 is 0 Å². The summed E-state index contributed by atoms with van der Waals surface area (Å²) in [6, 6.07) is 8.22. The number of hydrogen-bond acceptors (Lipinski definition) is 2. The lowest BCUT2D eigenvalue weighted by Crippen LogP contribution is -2.20. The molecule has 0 aliphatic heterocycles. The zero-order valence-electron chi connectivity index (χ0n) is 9.07. The predicted octanol–water partition coefficient (Wildman–Crippen LogP) is 3.05. The van der Waals surface area contributed by atoms with E-state index in [1.807, 2.05) is 30.2 Å². The maximum absolute atomic E-state index is 8.99. The van der Waals surface area contributed by atoms with Gasteiger partial charge in [-0.25, -0.2) is 0 Å². The predicted molar refractivity (Wildman–Crippen MR) is 68.3 cm³/mol. The minimum absolute atomic E-state index is 0.144. The summed E-state index contributed by atoms with van der Waals surface area (Å²) in [5, 5.41) is 8.99. The van der Waals surface area contributed by atoms with E-state index in [2.05, 4.69) is 35.0 Å². The number of aliphatic hydroxyl groups is 1. The van der Waals surface area contributed by atoms with Gasteiger partial charge in [0.25, 0.3) is 0 Å². The molecule has 0 aliphatic rings. The van der Waals surface area contributed by atoms with Crippen molar-refractivity contribution in [2.75, 3.05) is 18.1 Å². The molecule has 0 aliphatic carbocycles. The first-order chi connectivity index (χ1) is 7.13. The summed E-state index contributed by atoms with van der Waals surface area (Å²) < 4.78 is 1.04. The number of allylic oxidation sites excluding steroid dienone is 1. The molecule has 0 bridgehead atoms. The first kappa shape index (κ1) is 12.3. The third kappa shape index (κ3) is 4.06. The molecule has 0 fully saturated rings. The molecule has 0 spiro atoms. The van der Waals surface area contributed by atoms with Crippen molar-refractivity contribution >= 4 is 21.6 Å². The Labute approximate surface area is 99.4 Å². The molecule has 0 saturated carbocycles. The molecule has 15 heavy (non-hydrogen) atoms. The second-order valence-electron chi connectivity index (χ2n) is 3.47. The van der Waals surface area contributed by atoms with Crippen molar-refractivity contribution in [2.45, 2.75) is 13.8 Å². The van der Waals surface area contributed by atoms with Crippen LogP contribution in [0.15, 0.2) is 34.9 Å². The van der Waals surface area contributed by atoms with Gasteiger partial charge in [0, 0.05) is 22.9 Å². The van der Waals surface area contributed by atoms with E-state index < -0.39 is 0 Å². The molecule has 1 aromatic carbocycles. The van der Waals surface area contributed by atoms with Crippen molar-refractivity contribution in [1.82, 2.24) is 0 Å². The van der Waals surface area contributed by atoms with E-state index in [0.29, 0.717) is 6.54 Å². The van der Waals surface area contributed by atoms with Gasteiger partial charge in [-0.2, -0.15) is 0 Å². The largest absolute Gasteiger partial charge is 0.395 e. The minimum Gasteiger partial charge on any atom is -0.395 e. The number of rotatable bonds is 4. The van der Waals surface area contributed by atoms with Crippen LogP contribution in [-0.2, 0) is 0 Å². The Morgan fingerprint density at radius 1 is 1.53 bits per heavy atom. The van der Waals surface area contributed by atoms with Gasteiger partial charge in [-0.15, -0.1) is 0 Å². The molecule has 1 rings (SSSR count). The van der Waals surface area contributed by atoms with Gasteiger partial charge >= 0.3 is 0 Å². The SMILES string of the molecule is CC(Br)=CN(CCO)c1cccc(C)c1. The molecular formula is C12H16BrNO. The lowest BCUT2D eigenvalue weighted by Gasteiger charge is -2.20. The fraction of sp³-hybridized carbons (Fsp3) is 0.333. The molecule has 0 unspecified atom stereocenters.